The number of carbonyl (C=O) groups excluding carboxylic acids is 1. The van der Waals surface area contributed by atoms with Crippen molar-refractivity contribution in [2.45, 2.75) is 25.7 Å². The first-order chi connectivity index (χ1) is 8.81. The molecule has 1 fully saturated rings. The molecular formula is C14H16N2O2. The van der Waals surface area contributed by atoms with Crippen LogP contribution in [0.3, 0.4) is 0 Å². The van der Waals surface area contributed by atoms with Crippen molar-refractivity contribution in [3.63, 3.8) is 0 Å². The first-order valence-electron chi connectivity index (χ1n) is 6.43. The molecule has 0 aromatic heterocycles. The van der Waals surface area contributed by atoms with Crippen LogP contribution in [0.2, 0.25) is 0 Å². The van der Waals surface area contributed by atoms with Crippen LogP contribution in [-0.2, 0) is 4.79 Å². The summed E-state index contributed by atoms with van der Waals surface area (Å²) >= 11 is 0. The molecule has 0 bridgehead atoms. The summed E-state index contributed by atoms with van der Waals surface area (Å²) in [5.74, 6) is 0.427. The van der Waals surface area contributed by atoms with E-state index in [0.29, 0.717) is 18.7 Å². The van der Waals surface area contributed by atoms with Gasteiger partial charge in [-0.25, -0.2) is 0 Å². The van der Waals surface area contributed by atoms with E-state index in [0.717, 1.165) is 30.5 Å². The first-order valence-corrected chi connectivity index (χ1v) is 6.43. The molecule has 3 rings (SSSR count). The van der Waals surface area contributed by atoms with E-state index in [1.54, 1.807) is 0 Å². The maximum Gasteiger partial charge on any atom is 0.230 e. The van der Waals surface area contributed by atoms with Crippen LogP contribution in [0.1, 0.15) is 31.2 Å². The van der Waals surface area contributed by atoms with E-state index in [4.69, 9.17) is 5.21 Å². The Kier molecular flexibility index (Phi) is 2.78. The maximum absolute atomic E-state index is 12.4. The van der Waals surface area contributed by atoms with E-state index in [9.17, 15) is 4.79 Å². The molecule has 0 radical (unpaired) electrons. The second-order valence-electron chi connectivity index (χ2n) is 4.93. The zero-order valence-corrected chi connectivity index (χ0v) is 10.2. The summed E-state index contributed by atoms with van der Waals surface area (Å²) in [5, 5.41) is 12.4. The molecule has 2 aliphatic rings. The van der Waals surface area contributed by atoms with E-state index >= 15 is 0 Å². The summed E-state index contributed by atoms with van der Waals surface area (Å²) in [5.41, 5.74) is 2.43. The van der Waals surface area contributed by atoms with Crippen LogP contribution in [0.15, 0.2) is 29.4 Å². The molecule has 1 aromatic carbocycles. The van der Waals surface area contributed by atoms with Crippen molar-refractivity contribution in [3.05, 3.63) is 29.8 Å². The number of benzene rings is 1. The van der Waals surface area contributed by atoms with Crippen LogP contribution < -0.4 is 4.90 Å². The van der Waals surface area contributed by atoms with E-state index in [-0.39, 0.29) is 11.8 Å². The topological polar surface area (TPSA) is 52.9 Å². The number of amides is 1. The van der Waals surface area contributed by atoms with Crippen LogP contribution in [0, 0.1) is 5.92 Å². The Morgan fingerprint density at radius 2 is 2.11 bits per heavy atom. The van der Waals surface area contributed by atoms with E-state index in [1.807, 2.05) is 29.2 Å². The summed E-state index contributed by atoms with van der Waals surface area (Å²) < 4.78 is 0. The molecule has 1 heterocycles. The van der Waals surface area contributed by atoms with E-state index in [1.165, 1.54) is 0 Å². The average Bonchev–Trinajstić information content (AvgIpc) is 2.35. The zero-order valence-electron chi connectivity index (χ0n) is 10.2. The van der Waals surface area contributed by atoms with E-state index < -0.39 is 0 Å². The van der Waals surface area contributed by atoms with Crippen LogP contribution in [0.5, 0.6) is 0 Å². The number of hydrogen-bond donors (Lipinski definition) is 1. The summed E-state index contributed by atoms with van der Waals surface area (Å²) in [7, 11) is 0. The molecule has 1 saturated carbocycles. The third-order valence-electron chi connectivity index (χ3n) is 3.92. The molecule has 18 heavy (non-hydrogen) atoms. The molecule has 0 unspecified atom stereocenters. The predicted molar refractivity (Wildman–Crippen MR) is 69.1 cm³/mol. The third kappa shape index (κ3) is 1.68. The number of rotatable bonds is 1. The number of nitrogens with zero attached hydrogens (tertiary/aromatic N) is 2. The highest BCUT2D eigenvalue weighted by Crippen LogP contribution is 2.33. The molecule has 0 saturated heterocycles. The van der Waals surface area contributed by atoms with Crippen LogP contribution in [-0.4, -0.2) is 23.4 Å². The van der Waals surface area contributed by atoms with Crippen molar-refractivity contribution < 1.29 is 10.0 Å². The number of anilines is 1. The monoisotopic (exact) mass is 244 g/mol. The van der Waals surface area contributed by atoms with Gasteiger partial charge >= 0.3 is 0 Å². The standard InChI is InChI=1S/C14H16N2O2/c17-14(10-4-3-5-10)16-9-8-12(15-18)11-6-1-2-7-13(11)16/h1-2,6-7,10,18H,3-5,8-9H2. The van der Waals surface area contributed by atoms with Gasteiger partial charge in [0.25, 0.3) is 0 Å². The fourth-order valence-corrected chi connectivity index (χ4v) is 2.63. The van der Waals surface area contributed by atoms with Gasteiger partial charge in [0.1, 0.15) is 0 Å². The van der Waals surface area contributed by atoms with Gasteiger partial charge < -0.3 is 10.1 Å². The Hall–Kier alpha value is -1.84. The average molecular weight is 244 g/mol. The molecule has 94 valence electrons. The lowest BCUT2D eigenvalue weighted by Gasteiger charge is -2.35. The van der Waals surface area contributed by atoms with Gasteiger partial charge in [-0.1, -0.05) is 29.8 Å². The summed E-state index contributed by atoms with van der Waals surface area (Å²) in [6.07, 6.45) is 3.80. The minimum Gasteiger partial charge on any atom is -0.411 e. The van der Waals surface area contributed by atoms with Gasteiger partial charge in [-0.15, -0.1) is 0 Å². The van der Waals surface area contributed by atoms with Gasteiger partial charge in [0.05, 0.1) is 11.4 Å². The molecule has 4 nitrogen and oxygen atoms in total. The molecular weight excluding hydrogens is 228 g/mol. The lowest BCUT2D eigenvalue weighted by molar-refractivity contribution is -0.124. The lowest BCUT2D eigenvalue weighted by atomic mass is 9.83. The highest BCUT2D eigenvalue weighted by atomic mass is 16.4. The van der Waals surface area contributed by atoms with Crippen LogP contribution in [0.4, 0.5) is 5.69 Å². The molecule has 1 aromatic rings. The fourth-order valence-electron chi connectivity index (χ4n) is 2.63. The molecule has 1 N–H and O–H groups in total. The van der Waals surface area contributed by atoms with Gasteiger partial charge in [0, 0.05) is 24.4 Å². The van der Waals surface area contributed by atoms with Crippen molar-refractivity contribution in [1.82, 2.24) is 0 Å². The largest absolute Gasteiger partial charge is 0.411 e. The maximum atomic E-state index is 12.4. The van der Waals surface area contributed by atoms with E-state index in [2.05, 4.69) is 5.16 Å². The summed E-state index contributed by atoms with van der Waals surface area (Å²) in [6, 6.07) is 7.66. The van der Waals surface area contributed by atoms with Gasteiger partial charge in [0.15, 0.2) is 0 Å². The van der Waals surface area contributed by atoms with Crippen molar-refractivity contribution in [2.24, 2.45) is 11.1 Å². The minimum atomic E-state index is 0.200. The molecule has 0 atom stereocenters. The molecule has 1 aliphatic carbocycles. The van der Waals surface area contributed by atoms with Crippen molar-refractivity contribution in [3.8, 4) is 0 Å². The summed E-state index contributed by atoms with van der Waals surface area (Å²) in [4.78, 5) is 14.2. The Morgan fingerprint density at radius 1 is 1.33 bits per heavy atom. The summed E-state index contributed by atoms with van der Waals surface area (Å²) in [6.45, 7) is 0.617. The van der Waals surface area contributed by atoms with Gasteiger partial charge in [-0.3, -0.25) is 4.79 Å². The predicted octanol–water partition coefficient (Wildman–Crippen LogP) is 2.40. The lowest BCUT2D eigenvalue weighted by Crippen LogP contribution is -2.43. The van der Waals surface area contributed by atoms with Gasteiger partial charge in [-0.05, 0) is 18.9 Å². The minimum absolute atomic E-state index is 0.200. The highest BCUT2D eigenvalue weighted by molar-refractivity contribution is 6.11. The Morgan fingerprint density at radius 3 is 2.78 bits per heavy atom. The van der Waals surface area contributed by atoms with Crippen LogP contribution >= 0.6 is 0 Å². The number of carbonyl (C=O) groups is 1. The Balaban J connectivity index is 1.96. The second kappa shape index (κ2) is 4.44. The Labute approximate surface area is 106 Å². The van der Waals surface area contributed by atoms with Gasteiger partial charge in [-0.2, -0.15) is 0 Å². The van der Waals surface area contributed by atoms with Crippen molar-refractivity contribution in [2.75, 3.05) is 11.4 Å². The SMILES string of the molecule is O=C(C1CCC1)N1CCC(=NO)c2ccccc21. The number of para-hydroxylation sites is 1. The number of hydrogen-bond acceptors (Lipinski definition) is 3. The number of fused-ring (bicyclic) bond motifs is 1. The smallest absolute Gasteiger partial charge is 0.230 e. The first kappa shape index (κ1) is 11.3. The fraction of sp³-hybridized carbons (Fsp3) is 0.429. The molecule has 4 heteroatoms. The van der Waals surface area contributed by atoms with Crippen molar-refractivity contribution in [1.29, 1.82) is 0 Å². The van der Waals surface area contributed by atoms with Gasteiger partial charge in [0.2, 0.25) is 5.91 Å². The number of oxime groups is 1. The molecule has 1 amide bonds. The quantitative estimate of drug-likeness (QED) is 0.609. The normalized spacial score (nSPS) is 21.6. The highest BCUT2D eigenvalue weighted by Gasteiger charge is 2.33. The third-order valence-corrected chi connectivity index (χ3v) is 3.92. The zero-order chi connectivity index (χ0) is 12.5. The second-order valence-corrected chi connectivity index (χ2v) is 4.93. The van der Waals surface area contributed by atoms with Crippen LogP contribution in [0.25, 0.3) is 0 Å². The molecule has 1 aliphatic heterocycles. The van der Waals surface area contributed by atoms with Crippen molar-refractivity contribution >= 4 is 17.3 Å². The Bertz CT molecular complexity index is 506. The molecule has 0 spiro atoms.